The molecule has 1 aromatic carbocycles. The Morgan fingerprint density at radius 3 is 2.53 bits per heavy atom. The van der Waals surface area contributed by atoms with Crippen molar-refractivity contribution >= 4 is 5.97 Å². The first-order valence-electron chi connectivity index (χ1n) is 5.75. The number of ether oxygens (including phenoxy) is 2. The summed E-state index contributed by atoms with van der Waals surface area (Å²) in [5.41, 5.74) is 1.02. The van der Waals surface area contributed by atoms with Crippen LogP contribution in [0.15, 0.2) is 30.3 Å². The number of aliphatic carboxylic acids is 1. The molecule has 4 heteroatoms. The van der Waals surface area contributed by atoms with Crippen molar-refractivity contribution < 1.29 is 19.4 Å². The normalized spacial score (nSPS) is 18.1. The molecule has 1 fully saturated rings. The number of rotatable bonds is 5. The molecule has 1 aromatic rings. The van der Waals surface area contributed by atoms with Gasteiger partial charge in [-0.3, -0.25) is 4.79 Å². The molecule has 2 rings (SSSR count). The van der Waals surface area contributed by atoms with Crippen LogP contribution in [0.2, 0.25) is 0 Å². The largest absolute Gasteiger partial charge is 0.481 e. The quantitative estimate of drug-likeness (QED) is 0.849. The predicted molar refractivity (Wildman–Crippen MR) is 61.7 cm³/mol. The van der Waals surface area contributed by atoms with Crippen LogP contribution >= 0.6 is 0 Å². The van der Waals surface area contributed by atoms with Crippen LogP contribution in [0.4, 0.5) is 0 Å². The number of carboxylic acid groups (broad SMARTS) is 1. The summed E-state index contributed by atoms with van der Waals surface area (Å²) in [6.45, 7) is 1.19. The zero-order chi connectivity index (χ0) is 12.1. The van der Waals surface area contributed by atoms with Crippen molar-refractivity contribution in [3.05, 3.63) is 35.9 Å². The van der Waals surface area contributed by atoms with Crippen LogP contribution in [0, 0.1) is 0 Å². The lowest BCUT2D eigenvalue weighted by atomic mass is 9.92. The molecule has 0 aromatic heterocycles. The van der Waals surface area contributed by atoms with E-state index in [0.717, 1.165) is 5.56 Å². The van der Waals surface area contributed by atoms with Gasteiger partial charge in [0.15, 0.2) is 6.29 Å². The summed E-state index contributed by atoms with van der Waals surface area (Å²) in [6.07, 6.45) is 0.434. The number of carboxylic acids is 1. The minimum Gasteiger partial charge on any atom is -0.481 e. The van der Waals surface area contributed by atoms with E-state index in [0.29, 0.717) is 19.6 Å². The number of hydrogen-bond acceptors (Lipinski definition) is 3. The van der Waals surface area contributed by atoms with Crippen LogP contribution in [0.25, 0.3) is 0 Å². The summed E-state index contributed by atoms with van der Waals surface area (Å²) in [5.74, 6) is -0.853. The Labute approximate surface area is 100 Å². The second-order valence-electron chi connectivity index (χ2n) is 4.11. The third-order valence-electron chi connectivity index (χ3n) is 2.86. The van der Waals surface area contributed by atoms with E-state index in [-0.39, 0.29) is 18.6 Å². The zero-order valence-corrected chi connectivity index (χ0v) is 9.54. The third kappa shape index (κ3) is 3.54. The van der Waals surface area contributed by atoms with Crippen LogP contribution < -0.4 is 0 Å². The first-order chi connectivity index (χ1) is 8.25. The van der Waals surface area contributed by atoms with Gasteiger partial charge in [0.25, 0.3) is 0 Å². The molecule has 0 bridgehead atoms. The molecule has 0 saturated carbocycles. The highest BCUT2D eigenvalue weighted by atomic mass is 16.7. The summed E-state index contributed by atoms with van der Waals surface area (Å²) in [5, 5.41) is 8.94. The van der Waals surface area contributed by atoms with Gasteiger partial charge < -0.3 is 14.6 Å². The van der Waals surface area contributed by atoms with Gasteiger partial charge in [-0.05, 0) is 11.5 Å². The molecule has 0 spiro atoms. The fraction of sp³-hybridized carbons (Fsp3) is 0.462. The minimum absolute atomic E-state index is 0.0585. The Morgan fingerprint density at radius 2 is 1.94 bits per heavy atom. The first kappa shape index (κ1) is 12.1. The third-order valence-corrected chi connectivity index (χ3v) is 2.86. The highest BCUT2D eigenvalue weighted by Crippen LogP contribution is 2.27. The molecule has 0 radical (unpaired) electrons. The van der Waals surface area contributed by atoms with Gasteiger partial charge in [-0.25, -0.2) is 0 Å². The number of hydrogen-bond donors (Lipinski definition) is 1. The molecular weight excluding hydrogens is 220 g/mol. The average Bonchev–Trinajstić information content (AvgIpc) is 2.82. The molecule has 1 N–H and O–H groups in total. The van der Waals surface area contributed by atoms with Gasteiger partial charge in [-0.1, -0.05) is 30.3 Å². The Morgan fingerprint density at radius 1 is 1.29 bits per heavy atom. The standard InChI is InChI=1S/C13H16O4/c14-12(15)8-11(9-13-16-6-7-17-13)10-4-2-1-3-5-10/h1-5,11,13H,6-9H2,(H,14,15)/t11-/m1/s1. The summed E-state index contributed by atoms with van der Waals surface area (Å²) >= 11 is 0. The molecule has 0 unspecified atom stereocenters. The van der Waals surface area contributed by atoms with E-state index in [9.17, 15) is 4.79 Å². The number of carbonyl (C=O) groups is 1. The van der Waals surface area contributed by atoms with Crippen molar-refractivity contribution in [2.24, 2.45) is 0 Å². The van der Waals surface area contributed by atoms with Crippen molar-refractivity contribution in [2.75, 3.05) is 13.2 Å². The molecule has 0 aliphatic carbocycles. The summed E-state index contributed by atoms with van der Waals surface area (Å²) < 4.78 is 10.7. The molecule has 1 aliphatic heterocycles. The van der Waals surface area contributed by atoms with Crippen LogP contribution in [0.3, 0.4) is 0 Å². The second kappa shape index (κ2) is 5.80. The molecule has 17 heavy (non-hydrogen) atoms. The van der Waals surface area contributed by atoms with Crippen LogP contribution in [0.1, 0.15) is 24.3 Å². The highest BCUT2D eigenvalue weighted by molar-refractivity contribution is 5.68. The summed E-state index contributed by atoms with van der Waals surface area (Å²) in [4.78, 5) is 10.9. The van der Waals surface area contributed by atoms with E-state index in [1.807, 2.05) is 30.3 Å². The highest BCUT2D eigenvalue weighted by Gasteiger charge is 2.24. The molecule has 4 nitrogen and oxygen atoms in total. The van der Waals surface area contributed by atoms with Crippen molar-refractivity contribution in [1.29, 1.82) is 0 Å². The van der Waals surface area contributed by atoms with Gasteiger partial charge in [-0.15, -0.1) is 0 Å². The molecule has 0 amide bonds. The maximum Gasteiger partial charge on any atom is 0.303 e. The molecular formula is C13H16O4. The lowest BCUT2D eigenvalue weighted by Crippen LogP contribution is -2.16. The number of benzene rings is 1. The second-order valence-corrected chi connectivity index (χ2v) is 4.11. The fourth-order valence-corrected chi connectivity index (χ4v) is 2.05. The van der Waals surface area contributed by atoms with Gasteiger partial charge in [-0.2, -0.15) is 0 Å². The van der Waals surface area contributed by atoms with Crippen molar-refractivity contribution in [2.45, 2.75) is 25.0 Å². The Hall–Kier alpha value is -1.39. The van der Waals surface area contributed by atoms with Gasteiger partial charge in [0, 0.05) is 6.42 Å². The molecule has 1 atom stereocenters. The van der Waals surface area contributed by atoms with Gasteiger partial charge in [0.2, 0.25) is 0 Å². The summed E-state index contributed by atoms with van der Waals surface area (Å²) in [7, 11) is 0. The van der Waals surface area contributed by atoms with E-state index in [1.54, 1.807) is 0 Å². The smallest absolute Gasteiger partial charge is 0.303 e. The van der Waals surface area contributed by atoms with Crippen LogP contribution in [-0.2, 0) is 14.3 Å². The van der Waals surface area contributed by atoms with Crippen LogP contribution in [0.5, 0.6) is 0 Å². The van der Waals surface area contributed by atoms with Gasteiger partial charge in [0.1, 0.15) is 0 Å². The van der Waals surface area contributed by atoms with Crippen molar-refractivity contribution in [3.63, 3.8) is 0 Å². The minimum atomic E-state index is -0.795. The van der Waals surface area contributed by atoms with Crippen LogP contribution in [-0.4, -0.2) is 30.6 Å². The summed E-state index contributed by atoms with van der Waals surface area (Å²) in [6, 6.07) is 9.65. The van der Waals surface area contributed by atoms with Gasteiger partial charge >= 0.3 is 5.97 Å². The van der Waals surface area contributed by atoms with E-state index < -0.39 is 5.97 Å². The fourth-order valence-electron chi connectivity index (χ4n) is 2.05. The van der Waals surface area contributed by atoms with E-state index >= 15 is 0 Å². The van der Waals surface area contributed by atoms with Crippen molar-refractivity contribution in [3.8, 4) is 0 Å². The lowest BCUT2D eigenvalue weighted by Gasteiger charge is -2.18. The predicted octanol–water partition coefficient (Wildman–Crippen LogP) is 2.01. The maximum absolute atomic E-state index is 10.9. The molecule has 92 valence electrons. The Kier molecular flexibility index (Phi) is 4.12. The van der Waals surface area contributed by atoms with E-state index in [1.165, 1.54) is 0 Å². The van der Waals surface area contributed by atoms with E-state index in [4.69, 9.17) is 14.6 Å². The topological polar surface area (TPSA) is 55.8 Å². The molecule has 1 heterocycles. The molecule has 1 aliphatic rings. The average molecular weight is 236 g/mol. The zero-order valence-electron chi connectivity index (χ0n) is 9.54. The maximum atomic E-state index is 10.9. The SMILES string of the molecule is O=C(O)C[C@H](CC1OCCO1)c1ccccc1. The first-order valence-corrected chi connectivity index (χ1v) is 5.75. The van der Waals surface area contributed by atoms with Gasteiger partial charge in [0.05, 0.1) is 19.6 Å². The Balaban J connectivity index is 2.04. The molecule has 1 saturated heterocycles. The van der Waals surface area contributed by atoms with E-state index in [2.05, 4.69) is 0 Å². The van der Waals surface area contributed by atoms with Crippen molar-refractivity contribution in [1.82, 2.24) is 0 Å². The Bertz CT molecular complexity index is 357. The lowest BCUT2D eigenvalue weighted by molar-refractivity contribution is -0.138. The monoisotopic (exact) mass is 236 g/mol.